The Bertz CT molecular complexity index is 859. The van der Waals surface area contributed by atoms with E-state index in [9.17, 15) is 9.59 Å². The molecule has 0 radical (unpaired) electrons. The maximum atomic E-state index is 12.7. The number of aryl methyl sites for hydroxylation is 1. The first-order valence-electron chi connectivity index (χ1n) is 8.52. The van der Waals surface area contributed by atoms with Gasteiger partial charge in [0.1, 0.15) is 10.7 Å². The minimum atomic E-state index is -0.490. The molecule has 0 saturated carbocycles. The van der Waals surface area contributed by atoms with E-state index in [-0.39, 0.29) is 11.3 Å². The zero-order valence-electron chi connectivity index (χ0n) is 15.4. The Morgan fingerprint density at radius 2 is 2.12 bits per heavy atom. The minimum Gasteiger partial charge on any atom is -0.365 e. The van der Waals surface area contributed by atoms with Gasteiger partial charge in [0.05, 0.1) is 16.2 Å². The lowest BCUT2D eigenvalue weighted by molar-refractivity contribution is 0.1000. The predicted molar refractivity (Wildman–Crippen MR) is 107 cm³/mol. The third-order valence-electron chi connectivity index (χ3n) is 5.07. The number of nitrogens with one attached hydrogen (secondary N) is 1. The van der Waals surface area contributed by atoms with Crippen molar-refractivity contribution in [3.05, 3.63) is 32.4 Å². The molecule has 2 heterocycles. The van der Waals surface area contributed by atoms with Crippen LogP contribution in [0.1, 0.15) is 58.5 Å². The molecular weight excluding hydrogens is 416 g/mol. The second-order valence-electron chi connectivity index (χ2n) is 7.80. The molecule has 140 valence electrons. The summed E-state index contributed by atoms with van der Waals surface area (Å²) in [7, 11) is 1.70. The summed E-state index contributed by atoms with van der Waals surface area (Å²) in [6, 6.07) is 0. The number of amides is 2. The van der Waals surface area contributed by atoms with E-state index in [4.69, 9.17) is 5.73 Å². The highest BCUT2D eigenvalue weighted by atomic mass is 79.9. The quantitative estimate of drug-likeness (QED) is 0.764. The Morgan fingerprint density at radius 1 is 1.42 bits per heavy atom. The van der Waals surface area contributed by atoms with E-state index < -0.39 is 5.91 Å². The SMILES string of the molecule is Cn1ncc(Br)c1C(=O)Nc1sc2c(c1C(N)=O)CCC(C(C)(C)C)C2. The molecule has 2 amide bonds. The molecule has 1 aliphatic rings. The summed E-state index contributed by atoms with van der Waals surface area (Å²) in [6.07, 6.45) is 4.32. The van der Waals surface area contributed by atoms with Crippen LogP contribution in [0.15, 0.2) is 10.7 Å². The van der Waals surface area contributed by atoms with Crippen molar-refractivity contribution in [1.82, 2.24) is 9.78 Å². The van der Waals surface area contributed by atoms with Crippen molar-refractivity contribution in [3.8, 4) is 0 Å². The highest BCUT2D eigenvalue weighted by molar-refractivity contribution is 9.10. The van der Waals surface area contributed by atoms with E-state index in [0.29, 0.717) is 26.6 Å². The topological polar surface area (TPSA) is 90.0 Å². The number of nitrogens with two attached hydrogens (primary N) is 1. The molecule has 8 heteroatoms. The van der Waals surface area contributed by atoms with Gasteiger partial charge >= 0.3 is 0 Å². The summed E-state index contributed by atoms with van der Waals surface area (Å²) in [5, 5.41) is 7.47. The van der Waals surface area contributed by atoms with Gasteiger partial charge in [-0.05, 0) is 52.1 Å². The van der Waals surface area contributed by atoms with Crippen LogP contribution in [0.3, 0.4) is 0 Å². The number of aromatic nitrogens is 2. The average Bonchev–Trinajstić information content (AvgIpc) is 3.05. The number of halogens is 1. The number of hydrogen-bond donors (Lipinski definition) is 2. The molecule has 0 spiro atoms. The van der Waals surface area contributed by atoms with Gasteiger partial charge in [0.2, 0.25) is 0 Å². The normalized spacial score (nSPS) is 17.0. The smallest absolute Gasteiger partial charge is 0.275 e. The summed E-state index contributed by atoms with van der Waals surface area (Å²) in [6.45, 7) is 6.73. The number of carbonyl (C=O) groups is 2. The van der Waals surface area contributed by atoms with Crippen LogP contribution in [0.4, 0.5) is 5.00 Å². The van der Waals surface area contributed by atoms with Crippen molar-refractivity contribution in [3.63, 3.8) is 0 Å². The molecule has 1 aliphatic carbocycles. The van der Waals surface area contributed by atoms with E-state index in [2.05, 4.69) is 47.1 Å². The van der Waals surface area contributed by atoms with Gasteiger partial charge in [0.25, 0.3) is 11.8 Å². The van der Waals surface area contributed by atoms with Gasteiger partial charge in [-0.1, -0.05) is 20.8 Å². The van der Waals surface area contributed by atoms with E-state index >= 15 is 0 Å². The molecular formula is C18H23BrN4O2S. The first kappa shape index (κ1) is 19.1. The molecule has 0 saturated heterocycles. The summed E-state index contributed by atoms with van der Waals surface area (Å²) in [5.74, 6) is -0.259. The zero-order chi connectivity index (χ0) is 19.2. The highest BCUT2D eigenvalue weighted by Gasteiger charge is 2.33. The molecule has 3 N–H and O–H groups in total. The fourth-order valence-electron chi connectivity index (χ4n) is 3.50. The zero-order valence-corrected chi connectivity index (χ0v) is 17.8. The molecule has 1 atom stereocenters. The van der Waals surface area contributed by atoms with Gasteiger partial charge in [-0.2, -0.15) is 5.10 Å². The van der Waals surface area contributed by atoms with Gasteiger partial charge in [-0.25, -0.2) is 0 Å². The van der Waals surface area contributed by atoms with Gasteiger partial charge < -0.3 is 11.1 Å². The van der Waals surface area contributed by atoms with Gasteiger partial charge in [-0.15, -0.1) is 11.3 Å². The van der Waals surface area contributed by atoms with Gasteiger partial charge in [0.15, 0.2) is 0 Å². The Hall–Kier alpha value is -1.67. The molecule has 6 nitrogen and oxygen atoms in total. The predicted octanol–water partition coefficient (Wildman–Crippen LogP) is 3.75. The first-order valence-corrected chi connectivity index (χ1v) is 10.1. The van der Waals surface area contributed by atoms with Crippen LogP contribution in [-0.2, 0) is 19.9 Å². The number of nitrogens with zero attached hydrogens (tertiary/aromatic N) is 2. The average molecular weight is 439 g/mol. The van der Waals surface area contributed by atoms with Crippen molar-refractivity contribution in [2.75, 3.05) is 5.32 Å². The van der Waals surface area contributed by atoms with Crippen LogP contribution >= 0.6 is 27.3 Å². The minimum absolute atomic E-state index is 0.206. The number of fused-ring (bicyclic) bond motifs is 1. The number of hydrogen-bond acceptors (Lipinski definition) is 4. The Morgan fingerprint density at radius 3 is 2.65 bits per heavy atom. The van der Waals surface area contributed by atoms with Crippen LogP contribution in [0.2, 0.25) is 0 Å². The largest absolute Gasteiger partial charge is 0.365 e. The standard InChI is InChI=1S/C18H23BrN4O2S/c1-18(2,3)9-5-6-10-12(7-9)26-17(13(10)15(20)24)22-16(25)14-11(19)8-21-23(14)4/h8-9H,5-7H2,1-4H3,(H2,20,24)(H,22,25). The number of thiophene rings is 1. The molecule has 3 rings (SSSR count). The summed E-state index contributed by atoms with van der Waals surface area (Å²) in [5.41, 5.74) is 7.72. The maximum Gasteiger partial charge on any atom is 0.275 e. The van der Waals surface area contributed by atoms with E-state index in [1.807, 2.05) is 0 Å². The summed E-state index contributed by atoms with van der Waals surface area (Å²) >= 11 is 4.80. The maximum absolute atomic E-state index is 12.7. The van der Waals surface area contributed by atoms with Crippen LogP contribution < -0.4 is 11.1 Å². The molecule has 0 aromatic carbocycles. The molecule has 0 aliphatic heterocycles. The number of carbonyl (C=O) groups excluding carboxylic acids is 2. The second kappa shape index (κ2) is 6.81. The fourth-order valence-corrected chi connectivity index (χ4v) is 5.36. The molecule has 1 unspecified atom stereocenters. The van der Waals surface area contributed by atoms with E-state index in [1.165, 1.54) is 16.0 Å². The molecule has 0 bridgehead atoms. The highest BCUT2D eigenvalue weighted by Crippen LogP contribution is 2.44. The molecule has 2 aromatic heterocycles. The second-order valence-corrected chi connectivity index (χ2v) is 9.76. The van der Waals surface area contributed by atoms with Gasteiger partial charge in [0, 0.05) is 11.9 Å². The van der Waals surface area contributed by atoms with Crippen molar-refractivity contribution in [2.45, 2.75) is 40.0 Å². The molecule has 0 fully saturated rings. The molecule has 26 heavy (non-hydrogen) atoms. The van der Waals surface area contributed by atoms with Crippen LogP contribution in [0.5, 0.6) is 0 Å². The lowest BCUT2D eigenvalue weighted by Crippen LogP contribution is -2.27. The third kappa shape index (κ3) is 3.44. The van der Waals surface area contributed by atoms with Crippen LogP contribution in [0, 0.1) is 11.3 Å². The van der Waals surface area contributed by atoms with Crippen molar-refractivity contribution in [2.24, 2.45) is 24.1 Å². The van der Waals surface area contributed by atoms with Gasteiger partial charge in [-0.3, -0.25) is 14.3 Å². The summed E-state index contributed by atoms with van der Waals surface area (Å²) in [4.78, 5) is 25.9. The van der Waals surface area contributed by atoms with Crippen molar-refractivity contribution >= 4 is 44.1 Å². The number of primary amides is 1. The van der Waals surface area contributed by atoms with Crippen molar-refractivity contribution in [1.29, 1.82) is 0 Å². The van der Waals surface area contributed by atoms with Crippen molar-refractivity contribution < 1.29 is 9.59 Å². The number of rotatable bonds is 3. The fraction of sp³-hybridized carbons (Fsp3) is 0.500. The van der Waals surface area contributed by atoms with Crippen LogP contribution in [-0.4, -0.2) is 21.6 Å². The van der Waals surface area contributed by atoms with E-state index in [0.717, 1.165) is 29.7 Å². The van der Waals surface area contributed by atoms with E-state index in [1.54, 1.807) is 13.2 Å². The third-order valence-corrected chi connectivity index (χ3v) is 6.82. The lowest BCUT2D eigenvalue weighted by atomic mass is 9.72. The Kier molecular flexibility index (Phi) is 5.00. The molecule has 2 aromatic rings. The Labute approximate surface area is 165 Å². The monoisotopic (exact) mass is 438 g/mol. The Balaban J connectivity index is 1.95. The number of anilines is 1. The summed E-state index contributed by atoms with van der Waals surface area (Å²) < 4.78 is 2.10. The van der Waals surface area contributed by atoms with Crippen LogP contribution in [0.25, 0.3) is 0 Å². The lowest BCUT2D eigenvalue weighted by Gasteiger charge is -2.33. The first-order chi connectivity index (χ1) is 12.1.